The van der Waals surface area contributed by atoms with Gasteiger partial charge in [-0.2, -0.15) is 0 Å². The van der Waals surface area contributed by atoms with Gasteiger partial charge >= 0.3 is 11.9 Å². The predicted molar refractivity (Wildman–Crippen MR) is 104 cm³/mol. The molecule has 27 heavy (non-hydrogen) atoms. The number of nitrogens with zero attached hydrogens (tertiary/aromatic N) is 1. The molecule has 1 amide bonds. The molecule has 2 aromatic rings. The Hall–Kier alpha value is -2.50. The highest BCUT2D eigenvalue weighted by atomic mass is 127. The fourth-order valence-corrected chi connectivity index (χ4v) is 2.70. The number of aliphatic carboxylic acids is 2. The lowest BCUT2D eigenvalue weighted by Crippen LogP contribution is -2.58. The first-order valence-corrected chi connectivity index (χ1v) is 8.88. The van der Waals surface area contributed by atoms with Crippen LogP contribution in [0.5, 0.6) is 0 Å². The Bertz CT molecular complexity index is 802. The number of hydrazine groups is 1. The second-order valence-electron chi connectivity index (χ2n) is 5.50. The SMILES string of the molecule is O=C(O)C[C@@](I)(C(=O)O)N(NC(=O)c1ccccc1)OCc1ccccc1. The van der Waals surface area contributed by atoms with Gasteiger partial charge in [0, 0.05) is 5.56 Å². The molecular weight excluding hydrogens is 467 g/mol. The second kappa shape index (κ2) is 9.44. The van der Waals surface area contributed by atoms with Gasteiger partial charge < -0.3 is 10.2 Å². The van der Waals surface area contributed by atoms with Gasteiger partial charge in [0.25, 0.3) is 5.91 Å². The van der Waals surface area contributed by atoms with Crippen LogP contribution in [0.1, 0.15) is 22.3 Å². The van der Waals surface area contributed by atoms with E-state index in [1.807, 2.05) is 6.07 Å². The monoisotopic (exact) mass is 484 g/mol. The molecule has 2 aromatic carbocycles. The summed E-state index contributed by atoms with van der Waals surface area (Å²) in [5, 5.41) is 19.4. The van der Waals surface area contributed by atoms with Crippen molar-refractivity contribution in [2.45, 2.75) is 16.6 Å². The molecule has 0 saturated carbocycles. The molecule has 3 N–H and O–H groups in total. The van der Waals surface area contributed by atoms with Crippen LogP contribution < -0.4 is 5.43 Å². The van der Waals surface area contributed by atoms with Crippen molar-refractivity contribution in [1.82, 2.24) is 10.6 Å². The summed E-state index contributed by atoms with van der Waals surface area (Å²) in [6.45, 7) is -0.0619. The molecule has 0 bridgehead atoms. The average Bonchev–Trinajstić information content (AvgIpc) is 2.65. The first kappa shape index (κ1) is 20.8. The average molecular weight is 484 g/mol. The smallest absolute Gasteiger partial charge is 0.339 e. The molecule has 0 fully saturated rings. The highest BCUT2D eigenvalue weighted by molar-refractivity contribution is 14.1. The summed E-state index contributed by atoms with van der Waals surface area (Å²) in [6.07, 6.45) is -0.799. The molecular formula is C18H17IN2O6. The number of hydrogen-bond donors (Lipinski definition) is 3. The second-order valence-corrected chi connectivity index (χ2v) is 7.28. The third kappa shape index (κ3) is 5.74. The predicted octanol–water partition coefficient (Wildman–Crippen LogP) is 2.46. The third-order valence-corrected chi connectivity index (χ3v) is 4.76. The van der Waals surface area contributed by atoms with E-state index < -0.39 is 27.8 Å². The quantitative estimate of drug-likeness (QED) is 0.217. The topological polar surface area (TPSA) is 116 Å². The number of carbonyl (C=O) groups is 3. The zero-order chi connectivity index (χ0) is 19.9. The van der Waals surface area contributed by atoms with E-state index in [2.05, 4.69) is 5.43 Å². The summed E-state index contributed by atoms with van der Waals surface area (Å²) in [7, 11) is 0. The molecule has 0 radical (unpaired) electrons. The maximum atomic E-state index is 12.4. The van der Waals surface area contributed by atoms with E-state index in [4.69, 9.17) is 9.94 Å². The van der Waals surface area contributed by atoms with E-state index in [1.54, 1.807) is 42.5 Å². The summed E-state index contributed by atoms with van der Waals surface area (Å²) in [5.74, 6) is -3.45. The minimum absolute atomic E-state index is 0.0619. The lowest BCUT2D eigenvalue weighted by Gasteiger charge is -2.33. The molecule has 142 valence electrons. The van der Waals surface area contributed by atoms with Crippen LogP contribution in [0.15, 0.2) is 60.7 Å². The van der Waals surface area contributed by atoms with Crippen LogP contribution in [0, 0.1) is 0 Å². The van der Waals surface area contributed by atoms with Gasteiger partial charge in [0.2, 0.25) is 3.55 Å². The molecule has 0 aliphatic heterocycles. The molecule has 0 heterocycles. The fourth-order valence-electron chi connectivity index (χ4n) is 2.12. The lowest BCUT2D eigenvalue weighted by atomic mass is 10.2. The number of halogens is 1. The Morgan fingerprint density at radius 3 is 2.07 bits per heavy atom. The van der Waals surface area contributed by atoms with Gasteiger partial charge in [-0.3, -0.25) is 19.9 Å². The number of carboxylic acids is 2. The number of nitrogens with one attached hydrogen (secondary N) is 1. The van der Waals surface area contributed by atoms with E-state index in [0.29, 0.717) is 5.17 Å². The zero-order valence-electron chi connectivity index (χ0n) is 14.0. The minimum atomic E-state index is -2.05. The first-order valence-electron chi connectivity index (χ1n) is 7.80. The zero-order valence-corrected chi connectivity index (χ0v) is 16.2. The number of carboxylic acid groups (broad SMARTS) is 2. The van der Waals surface area contributed by atoms with Crippen LogP contribution in [-0.2, 0) is 21.0 Å². The molecule has 0 spiro atoms. The van der Waals surface area contributed by atoms with Crippen LogP contribution >= 0.6 is 22.6 Å². The summed E-state index contributed by atoms with van der Waals surface area (Å²) < 4.78 is -2.05. The van der Waals surface area contributed by atoms with E-state index in [9.17, 15) is 19.5 Å². The Labute approximate surface area is 168 Å². The molecule has 0 unspecified atom stereocenters. The van der Waals surface area contributed by atoms with Crippen molar-refractivity contribution in [2.75, 3.05) is 0 Å². The van der Waals surface area contributed by atoms with Gasteiger partial charge in [-0.1, -0.05) is 53.7 Å². The summed E-state index contributed by atoms with van der Waals surface area (Å²) in [5.41, 5.74) is 3.34. The van der Waals surface area contributed by atoms with E-state index in [0.717, 1.165) is 5.56 Å². The summed E-state index contributed by atoms with van der Waals surface area (Å²) in [4.78, 5) is 40.9. The van der Waals surface area contributed by atoms with Crippen LogP contribution in [0.25, 0.3) is 0 Å². The van der Waals surface area contributed by atoms with Crippen molar-refractivity contribution in [3.05, 3.63) is 71.8 Å². The molecule has 2 rings (SSSR count). The third-order valence-electron chi connectivity index (χ3n) is 3.48. The fraction of sp³-hybridized carbons (Fsp3) is 0.167. The molecule has 9 heteroatoms. The highest BCUT2D eigenvalue weighted by Crippen LogP contribution is 2.28. The Morgan fingerprint density at radius 1 is 1.00 bits per heavy atom. The van der Waals surface area contributed by atoms with Crippen molar-refractivity contribution < 1.29 is 29.4 Å². The number of hydrogen-bond acceptors (Lipinski definition) is 5. The van der Waals surface area contributed by atoms with E-state index in [1.165, 1.54) is 34.7 Å². The molecule has 0 aromatic heterocycles. The molecule has 8 nitrogen and oxygen atoms in total. The van der Waals surface area contributed by atoms with Crippen LogP contribution in [-0.4, -0.2) is 36.8 Å². The normalized spacial score (nSPS) is 13.0. The number of rotatable bonds is 9. The Balaban J connectivity index is 2.27. The lowest BCUT2D eigenvalue weighted by molar-refractivity contribution is -0.233. The Kier molecular flexibility index (Phi) is 7.28. The minimum Gasteiger partial charge on any atom is -0.481 e. The van der Waals surface area contributed by atoms with E-state index >= 15 is 0 Å². The van der Waals surface area contributed by atoms with Crippen molar-refractivity contribution in [1.29, 1.82) is 0 Å². The van der Waals surface area contributed by atoms with Crippen LogP contribution in [0.4, 0.5) is 0 Å². The Morgan fingerprint density at radius 2 is 1.56 bits per heavy atom. The van der Waals surface area contributed by atoms with E-state index in [-0.39, 0.29) is 12.2 Å². The molecule has 0 saturated heterocycles. The van der Waals surface area contributed by atoms with Gasteiger partial charge in [0.1, 0.15) is 0 Å². The number of carbonyl (C=O) groups excluding carboxylic acids is 1. The van der Waals surface area contributed by atoms with Crippen LogP contribution in [0.3, 0.4) is 0 Å². The molecule has 1 atom stereocenters. The van der Waals surface area contributed by atoms with Crippen molar-refractivity contribution >= 4 is 40.4 Å². The number of hydroxylamine groups is 1. The van der Waals surface area contributed by atoms with Crippen molar-refractivity contribution in [2.24, 2.45) is 0 Å². The maximum Gasteiger partial charge on any atom is 0.339 e. The van der Waals surface area contributed by atoms with Gasteiger partial charge in [0.15, 0.2) is 0 Å². The molecule has 0 aliphatic rings. The van der Waals surface area contributed by atoms with Gasteiger partial charge in [-0.25, -0.2) is 4.79 Å². The highest BCUT2D eigenvalue weighted by Gasteiger charge is 2.47. The standard InChI is InChI=1S/C18H17IN2O6/c19-18(17(25)26,11-15(22)23)21(27-12-13-7-3-1-4-8-13)20-16(24)14-9-5-2-6-10-14/h1-10H,11-12H2,(H,20,24)(H,22,23)(H,25,26)/t18-/m0/s1. The van der Waals surface area contributed by atoms with Gasteiger partial charge in [-0.05, 0) is 40.3 Å². The summed E-state index contributed by atoms with van der Waals surface area (Å²) >= 11 is 1.44. The maximum absolute atomic E-state index is 12.4. The first-order chi connectivity index (χ1) is 12.8. The van der Waals surface area contributed by atoms with Crippen molar-refractivity contribution in [3.8, 4) is 0 Å². The number of alkyl halides is 1. The summed E-state index contributed by atoms with van der Waals surface area (Å²) in [6, 6.07) is 17.0. The van der Waals surface area contributed by atoms with Crippen LogP contribution in [0.2, 0.25) is 0 Å². The van der Waals surface area contributed by atoms with Crippen molar-refractivity contribution in [3.63, 3.8) is 0 Å². The number of amides is 1. The molecule has 0 aliphatic carbocycles. The van der Waals surface area contributed by atoms with Gasteiger partial charge in [-0.15, -0.1) is 0 Å². The largest absolute Gasteiger partial charge is 0.481 e. The number of benzene rings is 2. The van der Waals surface area contributed by atoms with Gasteiger partial charge in [0.05, 0.1) is 13.0 Å².